The molecule has 2 heterocycles. The summed E-state index contributed by atoms with van der Waals surface area (Å²) in [5.41, 5.74) is 1.41. The van der Waals surface area contributed by atoms with E-state index in [0.29, 0.717) is 24.4 Å². The molecular formula is C20H21F3N2O4. The maximum absolute atomic E-state index is 12.4. The van der Waals surface area contributed by atoms with Crippen LogP contribution in [0.4, 0.5) is 13.2 Å². The predicted octanol–water partition coefficient (Wildman–Crippen LogP) is 3.02. The summed E-state index contributed by atoms with van der Waals surface area (Å²) in [5.74, 6) is -0.0612. The molecule has 1 saturated heterocycles. The average molecular weight is 410 g/mol. The van der Waals surface area contributed by atoms with Crippen LogP contribution in [0.2, 0.25) is 0 Å². The lowest BCUT2D eigenvalue weighted by atomic mass is 10.1. The topological polar surface area (TPSA) is 71.8 Å². The number of ether oxygens (including phenoxy) is 1. The van der Waals surface area contributed by atoms with Crippen molar-refractivity contribution < 1.29 is 31.9 Å². The molecule has 6 nitrogen and oxygen atoms in total. The van der Waals surface area contributed by atoms with Gasteiger partial charge in [-0.25, -0.2) is 0 Å². The Hall–Kier alpha value is -2.81. The van der Waals surface area contributed by atoms with Crippen molar-refractivity contribution >= 4 is 11.8 Å². The lowest BCUT2D eigenvalue weighted by Crippen LogP contribution is -2.32. The molecule has 2 amide bonds. The first-order valence-electron chi connectivity index (χ1n) is 9.10. The van der Waals surface area contributed by atoms with E-state index in [-0.39, 0.29) is 31.4 Å². The minimum absolute atomic E-state index is 0.0928. The lowest BCUT2D eigenvalue weighted by Gasteiger charge is -2.15. The van der Waals surface area contributed by atoms with Gasteiger partial charge in [0.2, 0.25) is 11.8 Å². The number of nitrogens with zero attached hydrogens (tertiary/aromatic N) is 1. The molecule has 0 aliphatic carbocycles. The molecule has 1 aromatic heterocycles. The molecule has 0 spiro atoms. The van der Waals surface area contributed by atoms with Crippen molar-refractivity contribution in [2.75, 3.05) is 13.2 Å². The van der Waals surface area contributed by atoms with Crippen LogP contribution in [0.3, 0.4) is 0 Å². The summed E-state index contributed by atoms with van der Waals surface area (Å²) in [5, 5.41) is 2.80. The minimum atomic E-state index is -4.35. The third kappa shape index (κ3) is 6.35. The van der Waals surface area contributed by atoms with E-state index in [1.54, 1.807) is 41.3 Å². The normalized spacial score (nSPS) is 17.0. The van der Waals surface area contributed by atoms with Gasteiger partial charge in [-0.05, 0) is 23.3 Å². The number of halogens is 3. The third-order valence-corrected chi connectivity index (χ3v) is 4.54. The van der Waals surface area contributed by atoms with Crippen LogP contribution in [0.25, 0.3) is 0 Å². The number of rotatable bonds is 8. The summed E-state index contributed by atoms with van der Waals surface area (Å²) in [6.07, 6.45) is -2.66. The van der Waals surface area contributed by atoms with Crippen LogP contribution in [-0.4, -0.2) is 36.0 Å². The molecule has 29 heavy (non-hydrogen) atoms. The van der Waals surface area contributed by atoms with E-state index in [2.05, 4.69) is 10.1 Å². The second kappa shape index (κ2) is 9.13. The van der Waals surface area contributed by atoms with Crippen molar-refractivity contribution in [3.8, 4) is 0 Å². The highest BCUT2D eigenvalue weighted by atomic mass is 19.4. The first kappa shape index (κ1) is 20.9. The van der Waals surface area contributed by atoms with E-state index in [1.165, 1.54) is 6.26 Å². The molecule has 1 aliphatic rings. The van der Waals surface area contributed by atoms with E-state index in [0.717, 1.165) is 5.56 Å². The molecule has 156 valence electrons. The zero-order valence-electron chi connectivity index (χ0n) is 15.6. The van der Waals surface area contributed by atoms with E-state index < -0.39 is 18.7 Å². The van der Waals surface area contributed by atoms with Gasteiger partial charge in [0, 0.05) is 19.5 Å². The van der Waals surface area contributed by atoms with Gasteiger partial charge in [-0.15, -0.1) is 0 Å². The van der Waals surface area contributed by atoms with Gasteiger partial charge in [0.15, 0.2) is 0 Å². The summed E-state index contributed by atoms with van der Waals surface area (Å²) < 4.78 is 46.1. The zero-order valence-corrected chi connectivity index (χ0v) is 15.6. The molecule has 9 heteroatoms. The zero-order chi connectivity index (χ0) is 20.9. The van der Waals surface area contributed by atoms with Crippen molar-refractivity contribution in [2.45, 2.75) is 32.3 Å². The lowest BCUT2D eigenvalue weighted by molar-refractivity contribution is -0.176. The van der Waals surface area contributed by atoms with Gasteiger partial charge in [0.05, 0.1) is 25.3 Å². The number of hydrogen-bond acceptors (Lipinski definition) is 4. The molecule has 1 N–H and O–H groups in total. The van der Waals surface area contributed by atoms with Crippen LogP contribution in [-0.2, 0) is 34.0 Å². The van der Waals surface area contributed by atoms with Gasteiger partial charge in [-0.3, -0.25) is 9.59 Å². The van der Waals surface area contributed by atoms with Crippen molar-refractivity contribution in [3.05, 3.63) is 59.5 Å². The fraction of sp³-hybridized carbons (Fsp3) is 0.400. The number of likely N-dealkylation sites (tertiary alicyclic amines) is 1. The second-order valence-corrected chi connectivity index (χ2v) is 6.90. The predicted molar refractivity (Wildman–Crippen MR) is 96.2 cm³/mol. The van der Waals surface area contributed by atoms with E-state index >= 15 is 0 Å². The molecule has 1 aromatic carbocycles. The maximum Gasteiger partial charge on any atom is 0.411 e. The van der Waals surface area contributed by atoms with Gasteiger partial charge in [-0.2, -0.15) is 13.2 Å². The SMILES string of the molecule is O=C(NCc1ccc(COCC(F)(F)F)cc1)C1CC(=O)N(Cc2ccco2)C1. The molecule has 0 bridgehead atoms. The fourth-order valence-corrected chi connectivity index (χ4v) is 3.06. The van der Waals surface area contributed by atoms with Crippen molar-refractivity contribution in [2.24, 2.45) is 5.92 Å². The van der Waals surface area contributed by atoms with Crippen LogP contribution in [0, 0.1) is 5.92 Å². The van der Waals surface area contributed by atoms with Gasteiger partial charge in [-0.1, -0.05) is 24.3 Å². The number of furan rings is 1. The fourth-order valence-electron chi connectivity index (χ4n) is 3.06. The standard InChI is InChI=1S/C20H21F3N2O4/c21-20(22,23)13-28-12-15-5-3-14(4-6-15)9-24-19(27)16-8-18(26)25(10-16)11-17-2-1-7-29-17/h1-7,16H,8-13H2,(H,24,27). The average Bonchev–Trinajstić information content (AvgIpc) is 3.30. The Morgan fingerprint density at radius 3 is 2.59 bits per heavy atom. The van der Waals surface area contributed by atoms with E-state index in [1.807, 2.05) is 0 Å². The highest BCUT2D eigenvalue weighted by molar-refractivity contribution is 5.89. The number of alkyl halides is 3. The number of amides is 2. The minimum Gasteiger partial charge on any atom is -0.467 e. The maximum atomic E-state index is 12.4. The number of benzene rings is 1. The molecule has 0 radical (unpaired) electrons. The molecule has 1 aliphatic heterocycles. The van der Waals surface area contributed by atoms with Crippen molar-refractivity contribution in [3.63, 3.8) is 0 Å². The number of carbonyl (C=O) groups is 2. The van der Waals surface area contributed by atoms with Crippen LogP contribution in [0.15, 0.2) is 47.1 Å². The first-order valence-corrected chi connectivity index (χ1v) is 9.10. The summed E-state index contributed by atoms with van der Waals surface area (Å²) >= 11 is 0. The molecule has 1 atom stereocenters. The molecule has 0 saturated carbocycles. The molecule has 1 fully saturated rings. The largest absolute Gasteiger partial charge is 0.467 e. The van der Waals surface area contributed by atoms with E-state index in [4.69, 9.17) is 4.42 Å². The van der Waals surface area contributed by atoms with Gasteiger partial charge < -0.3 is 19.4 Å². The molecule has 1 unspecified atom stereocenters. The quantitative estimate of drug-likeness (QED) is 0.726. The number of nitrogens with one attached hydrogen (secondary N) is 1. The van der Waals surface area contributed by atoms with Crippen LogP contribution < -0.4 is 5.32 Å². The Morgan fingerprint density at radius 2 is 1.93 bits per heavy atom. The highest BCUT2D eigenvalue weighted by Gasteiger charge is 2.34. The summed E-state index contributed by atoms with van der Waals surface area (Å²) in [7, 11) is 0. The van der Waals surface area contributed by atoms with Gasteiger partial charge in [0.25, 0.3) is 0 Å². The molecule has 2 aromatic rings. The van der Waals surface area contributed by atoms with Crippen LogP contribution in [0.5, 0.6) is 0 Å². The Balaban J connectivity index is 1.42. The second-order valence-electron chi connectivity index (χ2n) is 6.90. The molecule has 3 rings (SSSR count). The molecular weight excluding hydrogens is 389 g/mol. The van der Waals surface area contributed by atoms with E-state index in [9.17, 15) is 22.8 Å². The summed E-state index contributed by atoms with van der Waals surface area (Å²) in [6.45, 7) is -0.483. The van der Waals surface area contributed by atoms with Crippen LogP contribution >= 0.6 is 0 Å². The Morgan fingerprint density at radius 1 is 1.21 bits per heavy atom. The Bertz CT molecular complexity index is 819. The summed E-state index contributed by atoms with van der Waals surface area (Å²) in [6, 6.07) is 10.3. The smallest absolute Gasteiger partial charge is 0.411 e. The van der Waals surface area contributed by atoms with Gasteiger partial charge in [0.1, 0.15) is 12.4 Å². The number of carbonyl (C=O) groups excluding carboxylic acids is 2. The number of hydrogen-bond donors (Lipinski definition) is 1. The van der Waals surface area contributed by atoms with Crippen molar-refractivity contribution in [1.82, 2.24) is 10.2 Å². The van der Waals surface area contributed by atoms with Crippen LogP contribution in [0.1, 0.15) is 23.3 Å². The first-order chi connectivity index (χ1) is 13.8. The third-order valence-electron chi connectivity index (χ3n) is 4.54. The summed E-state index contributed by atoms with van der Waals surface area (Å²) in [4.78, 5) is 26.1. The van der Waals surface area contributed by atoms with Gasteiger partial charge >= 0.3 is 6.18 Å². The van der Waals surface area contributed by atoms with Crippen molar-refractivity contribution in [1.29, 1.82) is 0 Å². The Kier molecular flexibility index (Phi) is 6.58. The highest BCUT2D eigenvalue weighted by Crippen LogP contribution is 2.21. The Labute approximate surface area is 165 Å². The monoisotopic (exact) mass is 410 g/mol.